The van der Waals surface area contributed by atoms with Crippen LogP contribution in [0.4, 0.5) is 0 Å². The summed E-state index contributed by atoms with van der Waals surface area (Å²) in [5, 5.41) is 0. The van der Waals surface area contributed by atoms with Crippen molar-refractivity contribution in [1.82, 2.24) is 0 Å². The minimum atomic E-state index is -0.183. The van der Waals surface area contributed by atoms with Gasteiger partial charge in [-0.25, -0.2) is 0 Å². The number of carbonyl (C=O) groups excluding carboxylic acids is 2. The largest absolute Gasteiger partial charge is 0.462 e. The zero-order valence-electron chi connectivity index (χ0n) is 21.2. The number of esters is 2. The number of hydrogen-bond donors (Lipinski definition) is 0. The minimum Gasteiger partial charge on any atom is -0.462 e. The first kappa shape index (κ1) is 23.6. The molecule has 0 spiro atoms. The molecule has 4 aliphatic rings. The van der Waals surface area contributed by atoms with Crippen molar-refractivity contribution in [3.8, 4) is 0 Å². The van der Waals surface area contributed by atoms with E-state index in [4.69, 9.17) is 9.47 Å². The van der Waals surface area contributed by atoms with Gasteiger partial charge in [-0.3, -0.25) is 9.59 Å². The molecule has 0 radical (unpaired) electrons. The van der Waals surface area contributed by atoms with E-state index in [-0.39, 0.29) is 35.0 Å². The van der Waals surface area contributed by atoms with Crippen molar-refractivity contribution in [3.05, 3.63) is 41.5 Å². The van der Waals surface area contributed by atoms with E-state index in [1.807, 2.05) is 6.07 Å². The Labute approximate surface area is 204 Å². The monoisotopic (exact) mass is 464 g/mol. The Hall–Kier alpha value is -2.10. The summed E-state index contributed by atoms with van der Waals surface area (Å²) in [7, 11) is 0. The van der Waals surface area contributed by atoms with Gasteiger partial charge in [0.2, 0.25) is 0 Å². The van der Waals surface area contributed by atoms with Crippen LogP contribution in [0.25, 0.3) is 6.08 Å². The van der Waals surface area contributed by atoms with Crippen LogP contribution < -0.4 is 0 Å². The lowest BCUT2D eigenvalue weighted by Crippen LogP contribution is -2.55. The molecule has 1 aromatic rings. The molecule has 184 valence electrons. The smallest absolute Gasteiger partial charge is 0.303 e. The molecule has 1 aromatic carbocycles. The zero-order chi connectivity index (χ0) is 24.1. The Morgan fingerprint density at radius 1 is 0.882 bits per heavy atom. The Kier molecular flexibility index (Phi) is 6.14. The van der Waals surface area contributed by atoms with Crippen molar-refractivity contribution in [2.24, 2.45) is 34.5 Å². The first-order chi connectivity index (χ1) is 16.2. The van der Waals surface area contributed by atoms with Crippen LogP contribution in [-0.4, -0.2) is 24.1 Å². The summed E-state index contributed by atoms with van der Waals surface area (Å²) in [6.07, 6.45) is 11.2. The van der Waals surface area contributed by atoms with E-state index in [1.165, 1.54) is 43.7 Å². The van der Waals surface area contributed by atoms with Crippen molar-refractivity contribution < 1.29 is 19.1 Å². The first-order valence-electron chi connectivity index (χ1n) is 13.3. The summed E-state index contributed by atoms with van der Waals surface area (Å²) in [5.74, 6) is 2.28. The van der Waals surface area contributed by atoms with Crippen LogP contribution in [0.15, 0.2) is 35.9 Å². The lowest BCUT2D eigenvalue weighted by molar-refractivity contribution is -0.163. The molecule has 4 saturated carbocycles. The molecule has 4 fully saturated rings. The fourth-order valence-electron chi connectivity index (χ4n) is 8.74. The number of ether oxygens (including phenoxy) is 2. The highest BCUT2D eigenvalue weighted by Gasteiger charge is 2.61. The summed E-state index contributed by atoms with van der Waals surface area (Å²) in [6, 6.07) is 10.4. The zero-order valence-corrected chi connectivity index (χ0v) is 21.2. The van der Waals surface area contributed by atoms with Crippen LogP contribution in [0.5, 0.6) is 0 Å². The average Bonchev–Trinajstić information content (AvgIpc) is 3.10. The lowest BCUT2D eigenvalue weighted by Gasteiger charge is -2.61. The van der Waals surface area contributed by atoms with Crippen molar-refractivity contribution in [3.63, 3.8) is 0 Å². The third kappa shape index (κ3) is 4.01. The van der Waals surface area contributed by atoms with Gasteiger partial charge in [0.05, 0.1) is 0 Å². The fraction of sp³-hybridized carbons (Fsp3) is 0.667. The summed E-state index contributed by atoms with van der Waals surface area (Å²) < 4.78 is 11.7. The van der Waals surface area contributed by atoms with Crippen LogP contribution in [0.3, 0.4) is 0 Å². The Morgan fingerprint density at radius 3 is 2.29 bits per heavy atom. The molecule has 0 bridgehead atoms. The predicted octanol–water partition coefficient (Wildman–Crippen LogP) is 6.59. The molecule has 0 aromatic heterocycles. The highest BCUT2D eigenvalue weighted by molar-refractivity contribution is 5.67. The molecule has 8 atom stereocenters. The fourth-order valence-corrected chi connectivity index (χ4v) is 8.74. The standard InChI is InChI=1S/C30H40O4/c1-19(31)33-27-17-23-10-11-24-25-12-13-28(34-20(2)32)29(25,3)15-14-26(24)30(23,4)18-22(27)16-21-8-6-5-7-9-21/h5-9,16,23-28H,10-15,17-18H2,1-4H3/b22-16+/t23-,24-,25-,26-,27-,28-,29-,30-/m0/s1. The molecule has 0 heterocycles. The van der Waals surface area contributed by atoms with Gasteiger partial charge >= 0.3 is 11.9 Å². The van der Waals surface area contributed by atoms with Crippen molar-refractivity contribution >= 4 is 18.0 Å². The van der Waals surface area contributed by atoms with Crippen molar-refractivity contribution in [1.29, 1.82) is 0 Å². The number of hydrogen-bond acceptors (Lipinski definition) is 4. The van der Waals surface area contributed by atoms with Gasteiger partial charge in [0.15, 0.2) is 0 Å². The quantitative estimate of drug-likeness (QED) is 0.474. The van der Waals surface area contributed by atoms with Gasteiger partial charge < -0.3 is 9.47 Å². The average molecular weight is 465 g/mol. The van der Waals surface area contributed by atoms with Gasteiger partial charge in [0.1, 0.15) is 12.2 Å². The molecule has 5 rings (SSSR count). The van der Waals surface area contributed by atoms with Crippen molar-refractivity contribution in [2.75, 3.05) is 0 Å². The summed E-state index contributed by atoms with van der Waals surface area (Å²) >= 11 is 0. The second-order valence-electron chi connectivity index (χ2n) is 12.0. The van der Waals surface area contributed by atoms with Crippen LogP contribution >= 0.6 is 0 Å². The van der Waals surface area contributed by atoms with Gasteiger partial charge in [0.25, 0.3) is 0 Å². The topological polar surface area (TPSA) is 52.6 Å². The maximum atomic E-state index is 12.0. The molecule has 4 nitrogen and oxygen atoms in total. The van der Waals surface area contributed by atoms with E-state index >= 15 is 0 Å². The van der Waals surface area contributed by atoms with E-state index in [2.05, 4.69) is 44.2 Å². The normalized spacial score (nSPS) is 42.3. The molecular formula is C30H40O4. The summed E-state index contributed by atoms with van der Waals surface area (Å²) in [4.78, 5) is 23.7. The SMILES string of the molecule is CC(=O)O[C@H]1C[C@@H]2CC[C@@H]3[C@H](CC[C@]4(C)[C@@H](OC(C)=O)CC[C@@H]34)[C@@]2(C)C/C1=C\c1ccccc1. The highest BCUT2D eigenvalue weighted by Crippen LogP contribution is 2.67. The minimum absolute atomic E-state index is 0.0784. The van der Waals surface area contributed by atoms with Gasteiger partial charge in [-0.05, 0) is 91.6 Å². The lowest BCUT2D eigenvalue weighted by atomic mass is 9.44. The number of carbonyl (C=O) groups is 2. The molecule has 4 aliphatic carbocycles. The van der Waals surface area contributed by atoms with Gasteiger partial charge in [-0.2, -0.15) is 0 Å². The molecular weight excluding hydrogens is 424 g/mol. The molecule has 0 unspecified atom stereocenters. The maximum absolute atomic E-state index is 12.0. The van der Waals surface area contributed by atoms with E-state index in [0.717, 1.165) is 25.7 Å². The summed E-state index contributed by atoms with van der Waals surface area (Å²) in [6.45, 7) is 8.00. The highest BCUT2D eigenvalue weighted by atomic mass is 16.5. The van der Waals surface area contributed by atoms with Crippen LogP contribution in [0.2, 0.25) is 0 Å². The maximum Gasteiger partial charge on any atom is 0.303 e. The van der Waals surface area contributed by atoms with Gasteiger partial charge in [0, 0.05) is 19.3 Å². The van der Waals surface area contributed by atoms with E-state index in [0.29, 0.717) is 23.7 Å². The van der Waals surface area contributed by atoms with Crippen molar-refractivity contribution in [2.45, 2.75) is 91.3 Å². The van der Waals surface area contributed by atoms with E-state index in [9.17, 15) is 9.59 Å². The van der Waals surface area contributed by atoms with Gasteiger partial charge in [-0.1, -0.05) is 50.3 Å². The van der Waals surface area contributed by atoms with E-state index < -0.39 is 0 Å². The van der Waals surface area contributed by atoms with E-state index in [1.54, 1.807) is 6.92 Å². The molecule has 0 amide bonds. The van der Waals surface area contributed by atoms with Crippen LogP contribution in [0, 0.1) is 34.5 Å². The third-order valence-electron chi connectivity index (χ3n) is 10.2. The molecule has 34 heavy (non-hydrogen) atoms. The molecule has 4 heteroatoms. The number of rotatable bonds is 3. The van der Waals surface area contributed by atoms with Gasteiger partial charge in [-0.15, -0.1) is 0 Å². The Balaban J connectivity index is 1.44. The second-order valence-corrected chi connectivity index (χ2v) is 12.0. The van der Waals surface area contributed by atoms with Crippen LogP contribution in [0.1, 0.15) is 84.6 Å². The summed E-state index contributed by atoms with van der Waals surface area (Å²) in [5.41, 5.74) is 2.80. The number of fused-ring (bicyclic) bond motifs is 5. The predicted molar refractivity (Wildman–Crippen MR) is 133 cm³/mol. The molecule has 0 aliphatic heterocycles. The van der Waals surface area contributed by atoms with Crippen LogP contribution in [-0.2, 0) is 19.1 Å². The Bertz CT molecular complexity index is 967. The molecule has 0 saturated heterocycles. The second kappa shape index (κ2) is 8.84. The molecule has 0 N–H and O–H groups in total. The Morgan fingerprint density at radius 2 is 1.59 bits per heavy atom. The number of benzene rings is 1. The first-order valence-corrected chi connectivity index (χ1v) is 13.3. The third-order valence-corrected chi connectivity index (χ3v) is 10.2.